The molecule has 0 aromatic heterocycles. The van der Waals surface area contributed by atoms with Gasteiger partial charge in [-0.2, -0.15) is 0 Å². The molecule has 1 rings (SSSR count). The first-order chi connectivity index (χ1) is 9.17. The fraction of sp³-hybridized carbons (Fsp3) is 0.429. The minimum atomic E-state index is -0.406. The first-order valence-electron chi connectivity index (χ1n) is 6.50. The van der Waals surface area contributed by atoms with Gasteiger partial charge in [-0.1, -0.05) is 25.5 Å². The lowest BCUT2D eigenvalue weighted by Crippen LogP contribution is -2.37. The van der Waals surface area contributed by atoms with Gasteiger partial charge in [-0.25, -0.2) is 0 Å². The van der Waals surface area contributed by atoms with Crippen LogP contribution in [0.15, 0.2) is 29.3 Å². The molecule has 1 aromatic carbocycles. The van der Waals surface area contributed by atoms with Crippen molar-refractivity contribution >= 4 is 11.9 Å². The van der Waals surface area contributed by atoms with Crippen molar-refractivity contribution in [2.24, 2.45) is 10.7 Å². The van der Waals surface area contributed by atoms with Crippen LogP contribution >= 0.6 is 0 Å². The SMILES string of the molecule is CCCCNC(=NC)NCc1ccc(C(N)=O)cc1. The van der Waals surface area contributed by atoms with Gasteiger partial charge >= 0.3 is 0 Å². The highest BCUT2D eigenvalue weighted by Crippen LogP contribution is 2.03. The Hall–Kier alpha value is -2.04. The number of guanidine groups is 1. The fourth-order valence-electron chi connectivity index (χ4n) is 1.58. The van der Waals surface area contributed by atoms with Crippen molar-refractivity contribution in [1.29, 1.82) is 0 Å². The third kappa shape index (κ3) is 5.42. The lowest BCUT2D eigenvalue weighted by Gasteiger charge is -2.11. The monoisotopic (exact) mass is 262 g/mol. The average molecular weight is 262 g/mol. The van der Waals surface area contributed by atoms with Gasteiger partial charge in [0.1, 0.15) is 0 Å². The molecule has 19 heavy (non-hydrogen) atoms. The maximum Gasteiger partial charge on any atom is 0.248 e. The highest BCUT2D eigenvalue weighted by Gasteiger charge is 2.01. The molecule has 0 radical (unpaired) electrons. The Kier molecular flexibility index (Phi) is 6.43. The predicted molar refractivity (Wildman–Crippen MR) is 78.1 cm³/mol. The second-order valence-corrected chi connectivity index (χ2v) is 4.27. The van der Waals surface area contributed by atoms with Gasteiger partial charge in [-0.3, -0.25) is 9.79 Å². The first kappa shape index (κ1) is 15.0. The van der Waals surface area contributed by atoms with Crippen molar-refractivity contribution in [3.63, 3.8) is 0 Å². The summed E-state index contributed by atoms with van der Waals surface area (Å²) in [5.41, 5.74) is 6.79. The number of amides is 1. The van der Waals surface area contributed by atoms with E-state index in [0.717, 1.165) is 30.9 Å². The number of aliphatic imine (C=N–C) groups is 1. The predicted octanol–water partition coefficient (Wildman–Crippen LogP) is 1.25. The Morgan fingerprint density at radius 1 is 1.26 bits per heavy atom. The number of rotatable bonds is 6. The molecule has 0 aliphatic carbocycles. The summed E-state index contributed by atoms with van der Waals surface area (Å²) in [6.07, 6.45) is 2.27. The Morgan fingerprint density at radius 3 is 2.47 bits per heavy atom. The first-order valence-corrected chi connectivity index (χ1v) is 6.50. The highest BCUT2D eigenvalue weighted by atomic mass is 16.1. The van der Waals surface area contributed by atoms with Crippen LogP contribution in [0.5, 0.6) is 0 Å². The standard InChI is InChI=1S/C14H22N4O/c1-3-4-9-17-14(16-2)18-10-11-5-7-12(8-6-11)13(15)19/h5-8H,3-4,9-10H2,1-2H3,(H2,15,19)(H2,16,17,18). The molecule has 0 unspecified atom stereocenters. The highest BCUT2D eigenvalue weighted by molar-refractivity contribution is 5.92. The van der Waals surface area contributed by atoms with Crippen molar-refractivity contribution in [2.75, 3.05) is 13.6 Å². The van der Waals surface area contributed by atoms with Crippen LogP contribution in [0, 0.1) is 0 Å². The van der Waals surface area contributed by atoms with E-state index >= 15 is 0 Å². The average Bonchev–Trinajstić information content (AvgIpc) is 2.43. The lowest BCUT2D eigenvalue weighted by atomic mass is 10.1. The molecule has 0 aliphatic rings. The number of nitrogens with one attached hydrogen (secondary N) is 2. The number of carbonyl (C=O) groups is 1. The minimum absolute atomic E-state index is 0.406. The molecule has 0 aliphatic heterocycles. The molecule has 104 valence electrons. The van der Waals surface area contributed by atoms with Gasteiger partial charge in [0.2, 0.25) is 5.91 Å². The molecule has 1 amide bonds. The number of primary amides is 1. The second-order valence-electron chi connectivity index (χ2n) is 4.27. The van der Waals surface area contributed by atoms with Crippen LogP contribution < -0.4 is 16.4 Å². The number of nitrogens with zero attached hydrogens (tertiary/aromatic N) is 1. The minimum Gasteiger partial charge on any atom is -0.366 e. The van der Waals surface area contributed by atoms with E-state index in [1.54, 1.807) is 19.2 Å². The van der Waals surface area contributed by atoms with Crippen molar-refractivity contribution in [3.8, 4) is 0 Å². The zero-order chi connectivity index (χ0) is 14.1. The summed E-state index contributed by atoms with van der Waals surface area (Å²) in [4.78, 5) is 15.1. The van der Waals surface area contributed by atoms with Crippen LogP contribution in [0.25, 0.3) is 0 Å². The van der Waals surface area contributed by atoms with Gasteiger partial charge in [-0.15, -0.1) is 0 Å². The second kappa shape index (κ2) is 8.13. The Balaban J connectivity index is 2.44. The topological polar surface area (TPSA) is 79.5 Å². The van der Waals surface area contributed by atoms with E-state index in [4.69, 9.17) is 5.73 Å². The van der Waals surface area contributed by atoms with E-state index < -0.39 is 5.91 Å². The van der Waals surface area contributed by atoms with E-state index in [0.29, 0.717) is 12.1 Å². The summed E-state index contributed by atoms with van der Waals surface area (Å²) in [5, 5.41) is 6.45. The van der Waals surface area contributed by atoms with E-state index in [1.807, 2.05) is 12.1 Å². The van der Waals surface area contributed by atoms with Crippen LogP contribution in [0.1, 0.15) is 35.7 Å². The van der Waals surface area contributed by atoms with Crippen molar-refractivity contribution in [3.05, 3.63) is 35.4 Å². The molecular formula is C14H22N4O. The molecule has 1 aromatic rings. The summed E-state index contributed by atoms with van der Waals surface area (Å²) in [6.45, 7) is 3.72. The maximum atomic E-state index is 10.9. The quantitative estimate of drug-likeness (QED) is 0.410. The zero-order valence-electron chi connectivity index (χ0n) is 11.6. The number of unbranched alkanes of at least 4 members (excludes halogenated alkanes) is 1. The number of hydrogen-bond acceptors (Lipinski definition) is 2. The lowest BCUT2D eigenvalue weighted by molar-refractivity contribution is 0.100. The van der Waals surface area contributed by atoms with Crippen molar-refractivity contribution in [1.82, 2.24) is 10.6 Å². The summed E-state index contributed by atoms with van der Waals surface area (Å²) in [6, 6.07) is 7.22. The number of benzene rings is 1. The number of carbonyl (C=O) groups excluding carboxylic acids is 1. The molecule has 5 nitrogen and oxygen atoms in total. The Morgan fingerprint density at radius 2 is 1.95 bits per heavy atom. The molecule has 0 bridgehead atoms. The molecule has 0 saturated heterocycles. The van der Waals surface area contributed by atoms with Gasteiger partial charge in [0.15, 0.2) is 5.96 Å². The molecule has 0 saturated carbocycles. The van der Waals surface area contributed by atoms with Gasteiger partial charge < -0.3 is 16.4 Å². The van der Waals surface area contributed by atoms with Crippen LogP contribution in [-0.4, -0.2) is 25.5 Å². The zero-order valence-corrected chi connectivity index (χ0v) is 11.6. The molecule has 0 fully saturated rings. The van der Waals surface area contributed by atoms with Crippen LogP contribution in [-0.2, 0) is 6.54 Å². The van der Waals surface area contributed by atoms with Gasteiger partial charge in [0.25, 0.3) is 0 Å². The molecule has 0 heterocycles. The smallest absolute Gasteiger partial charge is 0.248 e. The maximum absolute atomic E-state index is 10.9. The normalized spacial score (nSPS) is 11.2. The molecule has 4 N–H and O–H groups in total. The number of nitrogens with two attached hydrogens (primary N) is 1. The fourth-order valence-corrected chi connectivity index (χ4v) is 1.58. The largest absolute Gasteiger partial charge is 0.366 e. The van der Waals surface area contributed by atoms with E-state index in [1.165, 1.54) is 0 Å². The van der Waals surface area contributed by atoms with Crippen molar-refractivity contribution < 1.29 is 4.79 Å². The third-order valence-electron chi connectivity index (χ3n) is 2.74. The van der Waals surface area contributed by atoms with E-state index in [-0.39, 0.29) is 0 Å². The van der Waals surface area contributed by atoms with E-state index in [2.05, 4.69) is 22.5 Å². The molecule has 0 atom stereocenters. The van der Waals surface area contributed by atoms with Crippen LogP contribution in [0.4, 0.5) is 0 Å². The van der Waals surface area contributed by atoms with Crippen LogP contribution in [0.3, 0.4) is 0 Å². The molecule has 5 heteroatoms. The Labute approximate surface area is 114 Å². The molecule has 0 spiro atoms. The summed E-state index contributed by atoms with van der Waals surface area (Å²) in [5.74, 6) is 0.379. The van der Waals surface area contributed by atoms with Gasteiger partial charge in [-0.05, 0) is 24.1 Å². The van der Waals surface area contributed by atoms with Gasteiger partial charge in [0.05, 0.1) is 0 Å². The summed E-state index contributed by atoms with van der Waals surface area (Å²) in [7, 11) is 1.75. The summed E-state index contributed by atoms with van der Waals surface area (Å²) < 4.78 is 0. The van der Waals surface area contributed by atoms with Crippen LogP contribution in [0.2, 0.25) is 0 Å². The van der Waals surface area contributed by atoms with Gasteiger partial charge in [0, 0.05) is 25.7 Å². The number of hydrogen-bond donors (Lipinski definition) is 3. The molecular weight excluding hydrogens is 240 g/mol. The summed E-state index contributed by atoms with van der Waals surface area (Å²) >= 11 is 0. The van der Waals surface area contributed by atoms with E-state index in [9.17, 15) is 4.79 Å². The Bertz CT molecular complexity index is 426. The van der Waals surface area contributed by atoms with Crippen molar-refractivity contribution in [2.45, 2.75) is 26.3 Å². The third-order valence-corrected chi connectivity index (χ3v) is 2.74.